The number of aromatic hydroxyl groups is 1. The van der Waals surface area contributed by atoms with Crippen molar-refractivity contribution in [3.8, 4) is 5.75 Å². The van der Waals surface area contributed by atoms with E-state index in [1.807, 2.05) is 0 Å². The Labute approximate surface area is 110 Å². The number of ether oxygens (including phenoxy) is 1. The predicted octanol–water partition coefficient (Wildman–Crippen LogP) is 0.530. The molecule has 1 saturated heterocycles. The smallest absolute Gasteiger partial charge is 0.311 e. The molecule has 0 aliphatic carbocycles. The fourth-order valence-electron chi connectivity index (χ4n) is 2.02. The van der Waals surface area contributed by atoms with Gasteiger partial charge in [-0.05, 0) is 24.6 Å². The molecule has 1 aromatic rings. The van der Waals surface area contributed by atoms with Gasteiger partial charge in [-0.3, -0.25) is 9.59 Å². The normalized spacial score (nSPS) is 22.2. The molecule has 1 fully saturated rings. The Hall–Kier alpha value is -2.08. The van der Waals surface area contributed by atoms with Crippen LogP contribution in [0.25, 0.3) is 0 Å². The van der Waals surface area contributed by atoms with Crippen molar-refractivity contribution >= 4 is 11.9 Å². The SMILES string of the molecule is Cc1ccc(C(=O)NC2COCC2C(=O)O)c(O)c1. The van der Waals surface area contributed by atoms with Gasteiger partial charge >= 0.3 is 5.97 Å². The van der Waals surface area contributed by atoms with E-state index in [1.165, 1.54) is 12.1 Å². The number of carboxylic acid groups (broad SMARTS) is 1. The molecule has 0 saturated carbocycles. The largest absolute Gasteiger partial charge is 0.507 e. The van der Waals surface area contributed by atoms with E-state index < -0.39 is 23.8 Å². The third kappa shape index (κ3) is 2.85. The van der Waals surface area contributed by atoms with Gasteiger partial charge in [-0.2, -0.15) is 0 Å². The number of phenols is 1. The molecule has 0 aromatic heterocycles. The molecule has 2 rings (SSSR count). The Morgan fingerprint density at radius 1 is 1.37 bits per heavy atom. The molecule has 1 aliphatic rings. The second-order valence-corrected chi connectivity index (χ2v) is 4.58. The van der Waals surface area contributed by atoms with Crippen LogP contribution in [0.3, 0.4) is 0 Å². The number of nitrogens with one attached hydrogen (secondary N) is 1. The first kappa shape index (κ1) is 13.4. The molecule has 0 bridgehead atoms. The van der Waals surface area contributed by atoms with E-state index in [0.717, 1.165) is 5.56 Å². The lowest BCUT2D eigenvalue weighted by Crippen LogP contribution is -2.42. The van der Waals surface area contributed by atoms with Gasteiger partial charge in [0.05, 0.1) is 24.8 Å². The summed E-state index contributed by atoms with van der Waals surface area (Å²) in [4.78, 5) is 22.9. The number of hydrogen-bond acceptors (Lipinski definition) is 4. The lowest BCUT2D eigenvalue weighted by molar-refractivity contribution is -0.142. The van der Waals surface area contributed by atoms with Gasteiger partial charge in [-0.25, -0.2) is 0 Å². The molecule has 1 aliphatic heterocycles. The number of benzene rings is 1. The molecule has 0 radical (unpaired) electrons. The Morgan fingerprint density at radius 2 is 2.11 bits per heavy atom. The van der Waals surface area contributed by atoms with Crippen LogP contribution in [0, 0.1) is 12.8 Å². The highest BCUT2D eigenvalue weighted by atomic mass is 16.5. The summed E-state index contributed by atoms with van der Waals surface area (Å²) in [5, 5.41) is 21.3. The Kier molecular flexibility index (Phi) is 3.71. The van der Waals surface area contributed by atoms with Crippen LogP contribution >= 0.6 is 0 Å². The topological polar surface area (TPSA) is 95.9 Å². The molecule has 19 heavy (non-hydrogen) atoms. The zero-order valence-corrected chi connectivity index (χ0v) is 10.4. The molecule has 6 heteroatoms. The summed E-state index contributed by atoms with van der Waals surface area (Å²) < 4.78 is 5.06. The van der Waals surface area contributed by atoms with Crippen molar-refractivity contribution in [2.24, 2.45) is 5.92 Å². The van der Waals surface area contributed by atoms with E-state index in [2.05, 4.69) is 5.32 Å². The second kappa shape index (κ2) is 5.27. The standard InChI is InChI=1S/C13H15NO5/c1-7-2-3-8(11(15)4-7)12(16)14-10-6-19-5-9(10)13(17)18/h2-4,9-10,15H,5-6H2,1H3,(H,14,16)(H,17,18). The van der Waals surface area contributed by atoms with E-state index in [9.17, 15) is 14.7 Å². The van der Waals surface area contributed by atoms with E-state index in [0.29, 0.717) is 0 Å². The molecule has 1 heterocycles. The maximum Gasteiger partial charge on any atom is 0.311 e. The van der Waals surface area contributed by atoms with E-state index in [1.54, 1.807) is 13.0 Å². The monoisotopic (exact) mass is 265 g/mol. The summed E-state index contributed by atoms with van der Waals surface area (Å²) in [6, 6.07) is 4.11. The van der Waals surface area contributed by atoms with Gasteiger partial charge in [0.15, 0.2) is 0 Å². The second-order valence-electron chi connectivity index (χ2n) is 4.58. The van der Waals surface area contributed by atoms with Crippen LogP contribution in [0.2, 0.25) is 0 Å². The summed E-state index contributed by atoms with van der Waals surface area (Å²) in [6.07, 6.45) is 0. The van der Waals surface area contributed by atoms with Crippen molar-refractivity contribution in [3.05, 3.63) is 29.3 Å². The Balaban J connectivity index is 2.10. The third-order valence-electron chi connectivity index (χ3n) is 3.11. The number of carbonyl (C=O) groups is 2. The average molecular weight is 265 g/mol. The van der Waals surface area contributed by atoms with Crippen LogP contribution in [-0.4, -0.2) is 41.3 Å². The average Bonchev–Trinajstić information content (AvgIpc) is 2.76. The fourth-order valence-corrected chi connectivity index (χ4v) is 2.02. The number of aryl methyl sites for hydroxylation is 1. The van der Waals surface area contributed by atoms with Gasteiger partial charge in [0.1, 0.15) is 11.7 Å². The maximum absolute atomic E-state index is 12.0. The summed E-state index contributed by atoms with van der Waals surface area (Å²) >= 11 is 0. The van der Waals surface area contributed by atoms with Crippen molar-refractivity contribution < 1.29 is 24.5 Å². The fraction of sp³-hybridized carbons (Fsp3) is 0.385. The lowest BCUT2D eigenvalue weighted by atomic mass is 10.0. The molecule has 2 unspecified atom stereocenters. The number of carboxylic acids is 1. The van der Waals surface area contributed by atoms with Crippen LogP contribution in [0.15, 0.2) is 18.2 Å². The highest BCUT2D eigenvalue weighted by Gasteiger charge is 2.35. The number of aliphatic carboxylic acids is 1. The first-order valence-corrected chi connectivity index (χ1v) is 5.90. The zero-order valence-electron chi connectivity index (χ0n) is 10.4. The highest BCUT2D eigenvalue weighted by molar-refractivity contribution is 5.97. The van der Waals surface area contributed by atoms with Gasteiger partial charge < -0.3 is 20.3 Å². The number of phenolic OH excluding ortho intramolecular Hbond substituents is 1. The zero-order chi connectivity index (χ0) is 14.0. The van der Waals surface area contributed by atoms with Crippen molar-refractivity contribution in [1.29, 1.82) is 0 Å². The minimum atomic E-state index is -1.00. The van der Waals surface area contributed by atoms with Gasteiger partial charge in [-0.15, -0.1) is 0 Å². The highest BCUT2D eigenvalue weighted by Crippen LogP contribution is 2.20. The summed E-state index contributed by atoms with van der Waals surface area (Å²) in [6.45, 7) is 2.04. The summed E-state index contributed by atoms with van der Waals surface area (Å²) in [7, 11) is 0. The molecular weight excluding hydrogens is 250 g/mol. The molecule has 0 spiro atoms. The van der Waals surface area contributed by atoms with Crippen molar-refractivity contribution in [1.82, 2.24) is 5.32 Å². The molecule has 1 aromatic carbocycles. The van der Waals surface area contributed by atoms with Crippen molar-refractivity contribution in [3.63, 3.8) is 0 Å². The van der Waals surface area contributed by atoms with Crippen LogP contribution in [0.5, 0.6) is 5.75 Å². The number of hydrogen-bond donors (Lipinski definition) is 3. The molecule has 1 amide bonds. The van der Waals surface area contributed by atoms with E-state index in [-0.39, 0.29) is 24.5 Å². The van der Waals surface area contributed by atoms with Crippen molar-refractivity contribution in [2.45, 2.75) is 13.0 Å². The first-order chi connectivity index (χ1) is 8.99. The summed E-state index contributed by atoms with van der Waals surface area (Å²) in [5.41, 5.74) is 0.961. The van der Waals surface area contributed by atoms with Crippen LogP contribution in [0.1, 0.15) is 15.9 Å². The predicted molar refractivity (Wildman–Crippen MR) is 66.0 cm³/mol. The molecule has 102 valence electrons. The lowest BCUT2D eigenvalue weighted by Gasteiger charge is -2.16. The van der Waals surface area contributed by atoms with E-state index in [4.69, 9.17) is 9.84 Å². The third-order valence-corrected chi connectivity index (χ3v) is 3.11. The van der Waals surface area contributed by atoms with Gasteiger partial charge in [0.25, 0.3) is 5.91 Å². The van der Waals surface area contributed by atoms with Crippen LogP contribution in [-0.2, 0) is 9.53 Å². The number of rotatable bonds is 3. The first-order valence-electron chi connectivity index (χ1n) is 5.90. The van der Waals surface area contributed by atoms with Crippen molar-refractivity contribution in [2.75, 3.05) is 13.2 Å². The minimum absolute atomic E-state index is 0.0835. The maximum atomic E-state index is 12.0. The molecule has 6 nitrogen and oxygen atoms in total. The van der Waals surface area contributed by atoms with Gasteiger partial charge in [0, 0.05) is 0 Å². The van der Waals surface area contributed by atoms with Gasteiger partial charge in [-0.1, -0.05) is 6.07 Å². The minimum Gasteiger partial charge on any atom is -0.507 e. The van der Waals surface area contributed by atoms with E-state index >= 15 is 0 Å². The van der Waals surface area contributed by atoms with Gasteiger partial charge in [0.2, 0.25) is 0 Å². The number of amides is 1. The summed E-state index contributed by atoms with van der Waals surface area (Å²) in [5.74, 6) is -2.38. The molecule has 2 atom stereocenters. The van der Waals surface area contributed by atoms with Crippen LogP contribution in [0.4, 0.5) is 0 Å². The molecule has 3 N–H and O–H groups in total. The molecular formula is C13H15NO5. The Morgan fingerprint density at radius 3 is 2.74 bits per heavy atom. The van der Waals surface area contributed by atoms with Crippen LogP contribution < -0.4 is 5.32 Å². The Bertz CT molecular complexity index is 514. The quantitative estimate of drug-likeness (QED) is 0.741. The number of carbonyl (C=O) groups excluding carboxylic acids is 1.